The van der Waals surface area contributed by atoms with Gasteiger partial charge in [-0.05, 0) is 49.9 Å². The average molecular weight is 208 g/mol. The molecule has 2 saturated heterocycles. The molecule has 0 aromatic heterocycles. The van der Waals surface area contributed by atoms with E-state index in [9.17, 15) is 4.79 Å². The molecule has 4 aliphatic rings. The lowest BCUT2D eigenvalue weighted by atomic mass is 9.51. The molecule has 4 fully saturated rings. The second-order valence-corrected chi connectivity index (χ2v) is 7.13. The third kappa shape index (κ3) is 1.33. The van der Waals surface area contributed by atoms with Crippen molar-refractivity contribution in [2.24, 2.45) is 16.7 Å². The lowest BCUT2D eigenvalue weighted by molar-refractivity contribution is -0.161. The van der Waals surface area contributed by atoms with Crippen molar-refractivity contribution in [2.45, 2.75) is 58.5 Å². The maximum Gasteiger partial charge on any atom is 0.309 e. The standard InChI is InChI=1S/C13H20O2/c1-11-4-9-5-12(2,6-11)8-13(3,7-11)15-10(9)14/h9H,4-8H2,1-3H3. The number of ether oxygens (including phenoxy) is 1. The van der Waals surface area contributed by atoms with Crippen LogP contribution in [0.25, 0.3) is 0 Å². The van der Waals surface area contributed by atoms with E-state index in [4.69, 9.17) is 4.74 Å². The highest BCUT2D eigenvalue weighted by Gasteiger charge is 2.59. The van der Waals surface area contributed by atoms with Gasteiger partial charge in [0.05, 0.1) is 5.92 Å². The second kappa shape index (κ2) is 2.41. The summed E-state index contributed by atoms with van der Waals surface area (Å²) in [6.07, 6.45) is 5.52. The van der Waals surface area contributed by atoms with Crippen LogP contribution in [0.4, 0.5) is 0 Å². The smallest absolute Gasteiger partial charge is 0.309 e. The third-order valence-electron chi connectivity index (χ3n) is 4.61. The van der Waals surface area contributed by atoms with Crippen LogP contribution < -0.4 is 0 Å². The molecule has 0 N–H and O–H groups in total. The summed E-state index contributed by atoms with van der Waals surface area (Å²) in [7, 11) is 0. The molecule has 2 aliphatic carbocycles. The zero-order valence-corrected chi connectivity index (χ0v) is 9.93. The Morgan fingerprint density at radius 1 is 1.07 bits per heavy atom. The van der Waals surface area contributed by atoms with E-state index in [1.807, 2.05) is 0 Å². The Bertz CT molecular complexity index is 315. The van der Waals surface area contributed by atoms with Crippen molar-refractivity contribution in [3.63, 3.8) is 0 Å². The van der Waals surface area contributed by atoms with Crippen LogP contribution in [0.5, 0.6) is 0 Å². The molecule has 2 aliphatic heterocycles. The quantitative estimate of drug-likeness (QED) is 0.572. The Morgan fingerprint density at radius 3 is 2.13 bits per heavy atom. The monoisotopic (exact) mass is 208 g/mol. The minimum absolute atomic E-state index is 0.0738. The van der Waals surface area contributed by atoms with Crippen LogP contribution in [0.2, 0.25) is 0 Å². The van der Waals surface area contributed by atoms with Crippen LogP contribution in [0, 0.1) is 16.7 Å². The first-order chi connectivity index (χ1) is 6.82. The molecule has 0 amide bonds. The molecule has 2 heterocycles. The number of carbonyl (C=O) groups is 1. The Hall–Kier alpha value is -0.530. The van der Waals surface area contributed by atoms with E-state index in [1.54, 1.807) is 0 Å². The lowest BCUT2D eigenvalue weighted by Gasteiger charge is -2.53. The zero-order chi connectivity index (χ0) is 10.9. The molecular weight excluding hydrogens is 188 g/mol. The number of fused-ring (bicyclic) bond motifs is 1. The van der Waals surface area contributed by atoms with Crippen molar-refractivity contribution in [2.75, 3.05) is 0 Å². The summed E-state index contributed by atoms with van der Waals surface area (Å²) < 4.78 is 5.72. The largest absolute Gasteiger partial charge is 0.459 e. The number of hydrogen-bond donors (Lipinski definition) is 0. The molecule has 2 nitrogen and oxygen atoms in total. The molecule has 0 aromatic carbocycles. The van der Waals surface area contributed by atoms with Gasteiger partial charge in [0.2, 0.25) is 0 Å². The highest BCUT2D eigenvalue weighted by molar-refractivity contribution is 5.74. The lowest BCUT2D eigenvalue weighted by Crippen LogP contribution is -2.48. The molecule has 0 aromatic rings. The predicted octanol–water partition coefficient (Wildman–Crippen LogP) is 2.91. The van der Waals surface area contributed by atoms with Crippen molar-refractivity contribution < 1.29 is 9.53 Å². The van der Waals surface area contributed by atoms with Gasteiger partial charge in [-0.1, -0.05) is 13.8 Å². The van der Waals surface area contributed by atoms with Crippen LogP contribution in [-0.4, -0.2) is 11.6 Å². The Labute approximate surface area is 91.4 Å². The first-order valence-electron chi connectivity index (χ1n) is 6.05. The van der Waals surface area contributed by atoms with Gasteiger partial charge in [0.1, 0.15) is 5.60 Å². The number of esters is 1. The van der Waals surface area contributed by atoms with Crippen molar-refractivity contribution in [3.8, 4) is 0 Å². The number of hydrogen-bond acceptors (Lipinski definition) is 2. The molecule has 84 valence electrons. The molecule has 15 heavy (non-hydrogen) atoms. The molecule has 2 unspecified atom stereocenters. The maximum atomic E-state index is 11.9. The normalized spacial score (nSPS) is 57.8. The van der Waals surface area contributed by atoms with E-state index >= 15 is 0 Å². The van der Waals surface area contributed by atoms with Gasteiger partial charge in [0.15, 0.2) is 0 Å². The van der Waals surface area contributed by atoms with E-state index in [0.29, 0.717) is 10.8 Å². The summed E-state index contributed by atoms with van der Waals surface area (Å²) in [5.41, 5.74) is 0.512. The van der Waals surface area contributed by atoms with Crippen LogP contribution in [0.15, 0.2) is 0 Å². The fourth-order valence-electron chi connectivity index (χ4n) is 5.14. The maximum absolute atomic E-state index is 11.9. The van der Waals surface area contributed by atoms with Crippen molar-refractivity contribution in [1.29, 1.82) is 0 Å². The summed E-state index contributed by atoms with van der Waals surface area (Å²) in [6, 6.07) is 0. The molecule has 0 radical (unpaired) electrons. The van der Waals surface area contributed by atoms with Crippen molar-refractivity contribution in [3.05, 3.63) is 0 Å². The summed E-state index contributed by atoms with van der Waals surface area (Å²) >= 11 is 0. The van der Waals surface area contributed by atoms with Gasteiger partial charge < -0.3 is 4.74 Å². The van der Waals surface area contributed by atoms with Gasteiger partial charge in [-0.25, -0.2) is 0 Å². The highest BCUT2D eigenvalue weighted by Crippen LogP contribution is 2.62. The Kier molecular flexibility index (Phi) is 1.56. The molecule has 2 saturated carbocycles. The van der Waals surface area contributed by atoms with E-state index in [0.717, 1.165) is 25.7 Å². The minimum atomic E-state index is -0.177. The van der Waals surface area contributed by atoms with Gasteiger partial charge in [-0.3, -0.25) is 4.79 Å². The first kappa shape index (κ1) is 9.68. The van der Waals surface area contributed by atoms with Crippen molar-refractivity contribution in [1.82, 2.24) is 0 Å². The highest BCUT2D eigenvalue weighted by atomic mass is 16.6. The molecule has 0 spiro atoms. The van der Waals surface area contributed by atoms with E-state index in [1.165, 1.54) is 6.42 Å². The van der Waals surface area contributed by atoms with Gasteiger partial charge in [0, 0.05) is 0 Å². The summed E-state index contributed by atoms with van der Waals surface area (Å²) in [6.45, 7) is 6.82. The Morgan fingerprint density at radius 2 is 1.60 bits per heavy atom. The minimum Gasteiger partial charge on any atom is -0.459 e. The third-order valence-corrected chi connectivity index (χ3v) is 4.61. The topological polar surface area (TPSA) is 26.3 Å². The SMILES string of the molecule is CC12CC3CC(C)(C1)CC(C)(C2)OC3=O. The molecule has 4 rings (SSSR count). The van der Waals surface area contributed by atoms with Gasteiger partial charge in [0.25, 0.3) is 0 Å². The van der Waals surface area contributed by atoms with E-state index in [-0.39, 0.29) is 17.5 Å². The van der Waals surface area contributed by atoms with Crippen LogP contribution in [0.1, 0.15) is 52.9 Å². The summed E-state index contributed by atoms with van der Waals surface area (Å²) in [4.78, 5) is 11.9. The average Bonchev–Trinajstić information content (AvgIpc) is 2.05. The molecule has 4 bridgehead atoms. The van der Waals surface area contributed by atoms with Crippen molar-refractivity contribution >= 4 is 5.97 Å². The second-order valence-electron chi connectivity index (χ2n) is 7.13. The first-order valence-corrected chi connectivity index (χ1v) is 6.05. The fourth-order valence-corrected chi connectivity index (χ4v) is 5.14. The summed E-state index contributed by atoms with van der Waals surface area (Å²) in [5.74, 6) is 0.253. The fraction of sp³-hybridized carbons (Fsp3) is 0.923. The summed E-state index contributed by atoms with van der Waals surface area (Å²) in [5, 5.41) is 0. The van der Waals surface area contributed by atoms with E-state index in [2.05, 4.69) is 20.8 Å². The Balaban J connectivity index is 2.10. The predicted molar refractivity (Wildman–Crippen MR) is 57.3 cm³/mol. The number of rotatable bonds is 0. The molecule has 2 heteroatoms. The molecular formula is C13H20O2. The van der Waals surface area contributed by atoms with Crippen LogP contribution in [0.3, 0.4) is 0 Å². The zero-order valence-electron chi connectivity index (χ0n) is 9.93. The van der Waals surface area contributed by atoms with Gasteiger partial charge >= 0.3 is 5.97 Å². The van der Waals surface area contributed by atoms with Gasteiger partial charge in [-0.2, -0.15) is 0 Å². The van der Waals surface area contributed by atoms with Crippen LogP contribution >= 0.6 is 0 Å². The number of carbonyl (C=O) groups excluding carboxylic acids is 1. The van der Waals surface area contributed by atoms with Gasteiger partial charge in [-0.15, -0.1) is 0 Å². The molecule has 2 atom stereocenters. The van der Waals surface area contributed by atoms with E-state index < -0.39 is 0 Å². The van der Waals surface area contributed by atoms with Crippen LogP contribution in [-0.2, 0) is 9.53 Å².